The molecular weight excluding hydrogens is 454 g/mol. The van der Waals surface area contributed by atoms with Gasteiger partial charge in [0.15, 0.2) is 5.60 Å². The number of hydrazone groups is 1. The van der Waals surface area contributed by atoms with Crippen LogP contribution in [-0.2, 0) is 10.4 Å². The molecule has 0 atom stereocenters. The van der Waals surface area contributed by atoms with Gasteiger partial charge in [-0.1, -0.05) is 66.7 Å². The lowest BCUT2D eigenvalue weighted by Gasteiger charge is -2.27. The third-order valence-electron chi connectivity index (χ3n) is 6.25. The highest BCUT2D eigenvalue weighted by atomic mass is 16.4. The van der Waals surface area contributed by atoms with Crippen LogP contribution in [0.1, 0.15) is 44.0 Å². The normalized spacial score (nSPS) is 11.6. The Balaban J connectivity index is 1.64. The highest BCUT2D eigenvalue weighted by Gasteiger charge is 2.39. The summed E-state index contributed by atoms with van der Waals surface area (Å²) in [6.07, 6.45) is 1.52. The van der Waals surface area contributed by atoms with Gasteiger partial charge in [-0.3, -0.25) is 4.79 Å². The molecule has 0 spiro atoms. The Morgan fingerprint density at radius 3 is 2.03 bits per heavy atom. The lowest BCUT2D eigenvalue weighted by Crippen LogP contribution is -2.43. The predicted molar refractivity (Wildman–Crippen MR) is 139 cm³/mol. The van der Waals surface area contributed by atoms with Crippen molar-refractivity contribution in [3.05, 3.63) is 124 Å². The van der Waals surface area contributed by atoms with Gasteiger partial charge in [0.1, 0.15) is 0 Å². The minimum atomic E-state index is -1.93. The molecule has 0 aliphatic carbocycles. The first-order valence-electron chi connectivity index (χ1n) is 11.4. The molecule has 182 valence electrons. The van der Waals surface area contributed by atoms with Crippen LogP contribution >= 0.6 is 0 Å². The van der Waals surface area contributed by atoms with Gasteiger partial charge in [0, 0.05) is 22.6 Å². The highest BCUT2D eigenvalue weighted by Crippen LogP contribution is 2.30. The summed E-state index contributed by atoms with van der Waals surface area (Å²) < 4.78 is 1.95. The average Bonchev–Trinajstić information content (AvgIpc) is 3.17. The van der Waals surface area contributed by atoms with E-state index in [1.54, 1.807) is 66.7 Å². The molecule has 0 aliphatic heterocycles. The Morgan fingerprint density at radius 1 is 0.889 bits per heavy atom. The number of aryl methyl sites for hydroxylation is 2. The molecule has 7 heteroatoms. The number of carboxylic acids is 1. The first-order valence-corrected chi connectivity index (χ1v) is 11.4. The molecule has 1 aromatic heterocycles. The van der Waals surface area contributed by atoms with E-state index in [1.807, 2.05) is 43.5 Å². The molecular formula is C29H27N3O4. The van der Waals surface area contributed by atoms with Crippen molar-refractivity contribution in [2.45, 2.75) is 26.4 Å². The van der Waals surface area contributed by atoms with Crippen LogP contribution < -0.4 is 5.43 Å². The van der Waals surface area contributed by atoms with E-state index in [2.05, 4.69) is 10.5 Å². The highest BCUT2D eigenvalue weighted by molar-refractivity contribution is 5.91. The second-order valence-electron chi connectivity index (χ2n) is 8.61. The summed E-state index contributed by atoms with van der Waals surface area (Å²) in [4.78, 5) is 24.7. The molecule has 7 nitrogen and oxygen atoms in total. The maximum Gasteiger partial charge on any atom is 0.335 e. The minimum absolute atomic E-state index is 0.201. The molecule has 0 unspecified atom stereocenters. The number of carbonyl (C=O) groups excluding carboxylic acids is 1. The molecule has 36 heavy (non-hydrogen) atoms. The summed E-state index contributed by atoms with van der Waals surface area (Å²) >= 11 is 0. The Kier molecular flexibility index (Phi) is 6.85. The molecule has 0 saturated carbocycles. The molecule has 4 aromatic rings. The molecule has 3 aromatic carbocycles. The van der Waals surface area contributed by atoms with Crippen molar-refractivity contribution in [1.29, 1.82) is 0 Å². The molecule has 0 aliphatic rings. The van der Waals surface area contributed by atoms with Gasteiger partial charge in [-0.2, -0.15) is 5.10 Å². The minimum Gasteiger partial charge on any atom is -0.478 e. The number of carboxylic acid groups (broad SMARTS) is 1. The number of aromatic carboxylic acids is 1. The van der Waals surface area contributed by atoms with Gasteiger partial charge < -0.3 is 14.8 Å². The molecule has 0 fully saturated rings. The molecule has 1 heterocycles. The van der Waals surface area contributed by atoms with Crippen LogP contribution in [0.25, 0.3) is 5.69 Å². The second-order valence-corrected chi connectivity index (χ2v) is 8.61. The Bertz CT molecular complexity index is 1400. The van der Waals surface area contributed by atoms with Crippen LogP contribution in [0.2, 0.25) is 0 Å². The van der Waals surface area contributed by atoms with Crippen LogP contribution in [0.4, 0.5) is 0 Å². The molecule has 3 N–H and O–H groups in total. The van der Waals surface area contributed by atoms with Gasteiger partial charge in [-0.05, 0) is 55.7 Å². The first kappa shape index (κ1) is 24.6. The number of amides is 1. The van der Waals surface area contributed by atoms with Crippen LogP contribution in [0.5, 0.6) is 0 Å². The van der Waals surface area contributed by atoms with E-state index in [1.165, 1.54) is 6.21 Å². The number of carbonyl (C=O) groups is 2. The number of aliphatic hydroxyl groups is 1. The topological polar surface area (TPSA) is 104 Å². The fraction of sp³-hybridized carbons (Fsp3) is 0.138. The summed E-state index contributed by atoms with van der Waals surface area (Å²) in [5.41, 5.74) is 5.77. The molecule has 0 saturated heterocycles. The van der Waals surface area contributed by atoms with Gasteiger partial charge in [-0.15, -0.1) is 0 Å². The fourth-order valence-electron chi connectivity index (χ4n) is 4.30. The third-order valence-corrected chi connectivity index (χ3v) is 6.25. The number of benzene rings is 3. The van der Waals surface area contributed by atoms with Crippen molar-refractivity contribution in [2.24, 2.45) is 5.10 Å². The molecule has 0 radical (unpaired) electrons. The van der Waals surface area contributed by atoms with Gasteiger partial charge in [-0.25, -0.2) is 10.2 Å². The van der Waals surface area contributed by atoms with E-state index < -0.39 is 17.5 Å². The molecule has 0 bridgehead atoms. The van der Waals surface area contributed by atoms with E-state index in [-0.39, 0.29) is 5.56 Å². The van der Waals surface area contributed by atoms with Gasteiger partial charge in [0.25, 0.3) is 5.91 Å². The maximum atomic E-state index is 13.2. The largest absolute Gasteiger partial charge is 0.478 e. The van der Waals surface area contributed by atoms with Crippen molar-refractivity contribution in [2.75, 3.05) is 0 Å². The van der Waals surface area contributed by atoms with Crippen LogP contribution in [0, 0.1) is 20.8 Å². The van der Waals surface area contributed by atoms with Gasteiger partial charge in [0.05, 0.1) is 11.8 Å². The number of hydrogen-bond acceptors (Lipinski definition) is 4. The Morgan fingerprint density at radius 2 is 1.47 bits per heavy atom. The zero-order valence-corrected chi connectivity index (χ0v) is 20.3. The number of nitrogens with one attached hydrogen (secondary N) is 1. The second kappa shape index (κ2) is 10.0. The van der Waals surface area contributed by atoms with E-state index in [0.29, 0.717) is 11.1 Å². The van der Waals surface area contributed by atoms with Crippen molar-refractivity contribution in [1.82, 2.24) is 9.99 Å². The Hall–Kier alpha value is -4.49. The number of nitrogens with zero attached hydrogens (tertiary/aromatic N) is 2. The van der Waals surface area contributed by atoms with Crippen molar-refractivity contribution in [3.63, 3.8) is 0 Å². The summed E-state index contributed by atoms with van der Waals surface area (Å²) in [5.74, 6) is -1.68. The van der Waals surface area contributed by atoms with Crippen LogP contribution in [0.3, 0.4) is 0 Å². The lowest BCUT2D eigenvalue weighted by atomic mass is 9.85. The van der Waals surface area contributed by atoms with Gasteiger partial charge in [0.2, 0.25) is 0 Å². The van der Waals surface area contributed by atoms with Crippen molar-refractivity contribution < 1.29 is 19.8 Å². The monoisotopic (exact) mass is 481 g/mol. The first-order chi connectivity index (χ1) is 17.2. The lowest BCUT2D eigenvalue weighted by molar-refractivity contribution is -0.136. The van der Waals surface area contributed by atoms with Crippen molar-refractivity contribution >= 4 is 18.1 Å². The SMILES string of the molecule is Cc1ccc(C(=O)O)cc1-n1c(C)cc(/C=N/NC(=O)C(O)(c2ccccc2)c2ccccc2)c1C. The zero-order valence-electron chi connectivity index (χ0n) is 20.3. The van der Waals surface area contributed by atoms with E-state index in [0.717, 1.165) is 28.2 Å². The number of aromatic nitrogens is 1. The number of rotatable bonds is 7. The maximum absolute atomic E-state index is 13.2. The van der Waals surface area contributed by atoms with Crippen LogP contribution in [-0.4, -0.2) is 32.9 Å². The standard InChI is InChI=1S/C29H27N3O4/c1-19-14-15-22(27(33)34)17-26(19)32-20(2)16-23(21(32)3)18-30-31-28(35)29(36,24-10-6-4-7-11-24)25-12-8-5-9-13-25/h4-18,36H,1-3H3,(H,31,35)(H,33,34)/b30-18+. The van der Waals surface area contributed by atoms with E-state index >= 15 is 0 Å². The third kappa shape index (κ3) is 4.56. The zero-order chi connectivity index (χ0) is 25.9. The fourth-order valence-corrected chi connectivity index (χ4v) is 4.30. The van der Waals surface area contributed by atoms with E-state index in [4.69, 9.17) is 0 Å². The molecule has 1 amide bonds. The van der Waals surface area contributed by atoms with Crippen molar-refractivity contribution in [3.8, 4) is 5.69 Å². The summed E-state index contributed by atoms with van der Waals surface area (Å²) in [6, 6.07) is 24.3. The quantitative estimate of drug-likeness (QED) is 0.267. The average molecular weight is 482 g/mol. The smallest absolute Gasteiger partial charge is 0.335 e. The Labute approximate surface area is 209 Å². The summed E-state index contributed by atoms with van der Waals surface area (Å²) in [7, 11) is 0. The van der Waals surface area contributed by atoms with Gasteiger partial charge >= 0.3 is 5.97 Å². The molecule has 4 rings (SSSR count). The summed E-state index contributed by atoms with van der Waals surface area (Å²) in [6.45, 7) is 5.73. The van der Waals surface area contributed by atoms with E-state index in [9.17, 15) is 19.8 Å². The predicted octanol–water partition coefficient (Wildman–Crippen LogP) is 4.49. The summed E-state index contributed by atoms with van der Waals surface area (Å²) in [5, 5.41) is 25.1. The number of hydrogen-bond donors (Lipinski definition) is 3. The van der Waals surface area contributed by atoms with Crippen LogP contribution in [0.15, 0.2) is 90.0 Å².